The number of aryl methyl sites for hydroxylation is 1. The molecule has 3 N–H and O–H groups in total. The number of nitrogen functional groups attached to an aromatic ring is 1. The number of phenols is 1. The zero-order valence-corrected chi connectivity index (χ0v) is 10.2. The molecular weight excluding hydrogens is 226 g/mol. The fourth-order valence-electron chi connectivity index (χ4n) is 1.73. The first-order valence-electron chi connectivity index (χ1n) is 5.47. The van der Waals surface area contributed by atoms with Crippen LogP contribution < -0.4 is 5.73 Å². The Kier molecular flexibility index (Phi) is 3.16. The monoisotopic (exact) mass is 239 g/mol. The Labute approximate surface area is 105 Å². The van der Waals surface area contributed by atoms with Crippen molar-refractivity contribution in [2.24, 2.45) is 0 Å². The van der Waals surface area contributed by atoms with Crippen LogP contribution in [0.2, 0.25) is 0 Å². The van der Waals surface area contributed by atoms with E-state index >= 15 is 0 Å². The molecule has 4 nitrogen and oxygen atoms in total. The molecule has 1 heterocycles. The fraction of sp³-hybridized carbons (Fsp3) is 0.143. The zero-order valence-electron chi connectivity index (χ0n) is 10.2. The molecule has 1 aromatic carbocycles. The Morgan fingerprint density at radius 3 is 2.61 bits per heavy atom. The van der Waals surface area contributed by atoms with Crippen molar-refractivity contribution in [1.29, 1.82) is 0 Å². The molecule has 0 amide bonds. The van der Waals surface area contributed by atoms with Crippen molar-refractivity contribution < 1.29 is 5.11 Å². The number of aromatic hydroxyl groups is 1. The van der Waals surface area contributed by atoms with Gasteiger partial charge in [-0.2, -0.15) is 0 Å². The number of nitrogens with two attached hydrogens (primary N) is 1. The van der Waals surface area contributed by atoms with Gasteiger partial charge in [0.1, 0.15) is 11.6 Å². The minimum absolute atomic E-state index is 0.137. The van der Waals surface area contributed by atoms with Gasteiger partial charge in [-0.05, 0) is 43.7 Å². The summed E-state index contributed by atoms with van der Waals surface area (Å²) < 4.78 is 0. The van der Waals surface area contributed by atoms with Gasteiger partial charge in [-0.15, -0.1) is 16.1 Å². The lowest BCUT2D eigenvalue weighted by Gasteiger charge is -2.07. The average molecular weight is 239 g/mol. The molecule has 0 radical (unpaired) electrons. The molecular formula is C14H13N3O. The van der Waals surface area contributed by atoms with Crippen LogP contribution in [0.1, 0.15) is 18.1 Å². The van der Waals surface area contributed by atoms with Gasteiger partial charge in [0.25, 0.3) is 0 Å². The molecule has 90 valence electrons. The number of benzene rings is 1. The highest BCUT2D eigenvalue weighted by molar-refractivity contribution is 5.71. The largest absolute Gasteiger partial charge is 0.507 e. The third kappa shape index (κ3) is 2.25. The molecule has 0 aliphatic heterocycles. The molecule has 0 unspecified atom stereocenters. The summed E-state index contributed by atoms with van der Waals surface area (Å²) in [5.41, 5.74) is 8.43. The fourth-order valence-corrected chi connectivity index (χ4v) is 1.73. The molecule has 0 saturated heterocycles. The van der Waals surface area contributed by atoms with Crippen molar-refractivity contribution in [1.82, 2.24) is 10.2 Å². The van der Waals surface area contributed by atoms with E-state index in [0.29, 0.717) is 17.1 Å². The van der Waals surface area contributed by atoms with Crippen LogP contribution in [0.3, 0.4) is 0 Å². The molecule has 4 heteroatoms. The number of phenolic OH excluding ortho intramolecular Hbond substituents is 1. The van der Waals surface area contributed by atoms with Crippen molar-refractivity contribution >= 4 is 5.82 Å². The van der Waals surface area contributed by atoms with Crippen molar-refractivity contribution in [3.63, 3.8) is 0 Å². The van der Waals surface area contributed by atoms with E-state index in [1.807, 2.05) is 13.0 Å². The van der Waals surface area contributed by atoms with Crippen LogP contribution in [0.15, 0.2) is 24.3 Å². The summed E-state index contributed by atoms with van der Waals surface area (Å²) in [6.07, 6.45) is 0. The van der Waals surface area contributed by atoms with Crippen LogP contribution in [0.25, 0.3) is 11.3 Å². The third-order valence-corrected chi connectivity index (χ3v) is 2.53. The molecule has 2 rings (SSSR count). The number of anilines is 1. The number of nitrogens with zero attached hydrogens (tertiary/aromatic N) is 2. The Morgan fingerprint density at radius 1 is 1.22 bits per heavy atom. The molecule has 0 fully saturated rings. The lowest BCUT2D eigenvalue weighted by atomic mass is 10.0. The van der Waals surface area contributed by atoms with Gasteiger partial charge in [0.15, 0.2) is 0 Å². The lowest BCUT2D eigenvalue weighted by Crippen LogP contribution is -1.97. The normalized spacial score (nSPS) is 9.67. The first kappa shape index (κ1) is 11.9. The van der Waals surface area contributed by atoms with Gasteiger partial charge < -0.3 is 10.8 Å². The Bertz CT molecular complexity index is 654. The van der Waals surface area contributed by atoms with Gasteiger partial charge in [0.05, 0.1) is 5.69 Å². The highest BCUT2D eigenvalue weighted by atomic mass is 16.3. The van der Waals surface area contributed by atoms with Crippen LogP contribution in [0.4, 0.5) is 5.82 Å². The van der Waals surface area contributed by atoms with Gasteiger partial charge in [-0.25, -0.2) is 0 Å². The second-order valence-electron chi connectivity index (χ2n) is 3.91. The number of aromatic nitrogens is 2. The standard InChI is InChI=1S/C14H13N3O/c1-3-4-10-5-6-11(12(18)8-10)14-9(2)7-13(15)16-17-14/h5-8,18H,1-2H3,(H2,15,16). The summed E-state index contributed by atoms with van der Waals surface area (Å²) in [7, 11) is 0. The molecule has 0 saturated carbocycles. The van der Waals surface area contributed by atoms with Crippen LogP contribution in [-0.2, 0) is 0 Å². The van der Waals surface area contributed by atoms with Crippen LogP contribution in [-0.4, -0.2) is 15.3 Å². The zero-order chi connectivity index (χ0) is 13.1. The molecule has 18 heavy (non-hydrogen) atoms. The molecule has 2 aromatic rings. The van der Waals surface area contributed by atoms with E-state index in [1.165, 1.54) is 0 Å². The minimum Gasteiger partial charge on any atom is -0.507 e. The van der Waals surface area contributed by atoms with E-state index in [1.54, 1.807) is 25.1 Å². The van der Waals surface area contributed by atoms with E-state index < -0.39 is 0 Å². The Morgan fingerprint density at radius 2 is 2.00 bits per heavy atom. The predicted molar refractivity (Wildman–Crippen MR) is 70.8 cm³/mol. The van der Waals surface area contributed by atoms with E-state index in [2.05, 4.69) is 22.0 Å². The third-order valence-electron chi connectivity index (χ3n) is 2.53. The molecule has 0 bridgehead atoms. The minimum atomic E-state index is 0.137. The maximum absolute atomic E-state index is 10.00. The quantitative estimate of drug-likeness (QED) is 0.747. The van der Waals surface area contributed by atoms with Crippen LogP contribution >= 0.6 is 0 Å². The lowest BCUT2D eigenvalue weighted by molar-refractivity contribution is 0.477. The maximum atomic E-state index is 10.00. The van der Waals surface area contributed by atoms with Gasteiger partial charge in [-0.3, -0.25) is 0 Å². The SMILES string of the molecule is CC#Cc1ccc(-c2nnc(N)cc2C)c(O)c1. The number of hydrogen-bond donors (Lipinski definition) is 2. The molecule has 0 spiro atoms. The summed E-state index contributed by atoms with van der Waals surface area (Å²) in [6, 6.07) is 6.95. The Balaban J connectivity index is 2.53. The summed E-state index contributed by atoms with van der Waals surface area (Å²) in [5, 5.41) is 17.8. The van der Waals surface area contributed by atoms with Gasteiger partial charge in [0, 0.05) is 11.1 Å². The van der Waals surface area contributed by atoms with Crippen LogP contribution in [0, 0.1) is 18.8 Å². The summed E-state index contributed by atoms with van der Waals surface area (Å²) >= 11 is 0. The van der Waals surface area contributed by atoms with Crippen molar-refractivity contribution in [3.05, 3.63) is 35.4 Å². The average Bonchev–Trinajstić information content (AvgIpc) is 2.31. The Hall–Kier alpha value is -2.54. The highest BCUT2D eigenvalue weighted by Crippen LogP contribution is 2.30. The second-order valence-corrected chi connectivity index (χ2v) is 3.91. The van der Waals surface area contributed by atoms with Crippen molar-refractivity contribution in [2.45, 2.75) is 13.8 Å². The molecule has 0 aliphatic carbocycles. The summed E-state index contributed by atoms with van der Waals surface area (Å²) in [5.74, 6) is 6.17. The second kappa shape index (κ2) is 4.76. The van der Waals surface area contributed by atoms with E-state index in [4.69, 9.17) is 5.73 Å². The predicted octanol–water partition coefficient (Wildman–Crippen LogP) is 2.11. The van der Waals surface area contributed by atoms with Crippen molar-refractivity contribution in [2.75, 3.05) is 5.73 Å². The first-order chi connectivity index (χ1) is 8.61. The van der Waals surface area contributed by atoms with E-state index in [-0.39, 0.29) is 5.75 Å². The number of rotatable bonds is 1. The van der Waals surface area contributed by atoms with E-state index in [9.17, 15) is 5.11 Å². The van der Waals surface area contributed by atoms with Crippen LogP contribution in [0.5, 0.6) is 5.75 Å². The molecule has 0 atom stereocenters. The maximum Gasteiger partial charge on any atom is 0.146 e. The van der Waals surface area contributed by atoms with Gasteiger partial charge in [-0.1, -0.05) is 5.92 Å². The summed E-state index contributed by atoms with van der Waals surface area (Å²) in [6.45, 7) is 3.63. The van der Waals surface area contributed by atoms with Gasteiger partial charge >= 0.3 is 0 Å². The topological polar surface area (TPSA) is 72.0 Å². The first-order valence-corrected chi connectivity index (χ1v) is 5.47. The highest BCUT2D eigenvalue weighted by Gasteiger charge is 2.10. The van der Waals surface area contributed by atoms with Gasteiger partial charge in [0.2, 0.25) is 0 Å². The summed E-state index contributed by atoms with van der Waals surface area (Å²) in [4.78, 5) is 0. The van der Waals surface area contributed by atoms with E-state index in [0.717, 1.165) is 11.1 Å². The molecule has 0 aliphatic rings. The molecule has 1 aromatic heterocycles. The smallest absolute Gasteiger partial charge is 0.146 e. The number of hydrogen-bond acceptors (Lipinski definition) is 4. The van der Waals surface area contributed by atoms with Crippen molar-refractivity contribution in [3.8, 4) is 28.8 Å².